The number of ketones is 1. The molecule has 0 bridgehead atoms. The fourth-order valence-electron chi connectivity index (χ4n) is 0.823. The largest absolute Gasteiger partial charge is 0.722 e. The van der Waals surface area contributed by atoms with Crippen LogP contribution in [0.2, 0.25) is 0 Å². The Labute approximate surface area is 65.8 Å². The van der Waals surface area contributed by atoms with Gasteiger partial charge in [0.15, 0.2) is 5.78 Å². The Morgan fingerprint density at radius 3 is 2.82 bits per heavy atom. The van der Waals surface area contributed by atoms with Crippen molar-refractivity contribution in [1.82, 2.24) is 0 Å². The van der Waals surface area contributed by atoms with E-state index in [-0.39, 0.29) is 5.78 Å². The van der Waals surface area contributed by atoms with E-state index in [9.17, 15) is 4.79 Å². The summed E-state index contributed by atoms with van der Waals surface area (Å²) in [5, 5.41) is 0. The van der Waals surface area contributed by atoms with Crippen molar-refractivity contribution in [2.24, 2.45) is 0 Å². The first-order chi connectivity index (χ1) is 5.24. The second kappa shape index (κ2) is 3.19. The van der Waals surface area contributed by atoms with Gasteiger partial charge in [0, 0.05) is 17.7 Å². The van der Waals surface area contributed by atoms with E-state index in [0.29, 0.717) is 5.56 Å². The van der Waals surface area contributed by atoms with Gasteiger partial charge < -0.3 is 4.74 Å². The summed E-state index contributed by atoms with van der Waals surface area (Å²) in [6.07, 6.45) is 0. The van der Waals surface area contributed by atoms with Gasteiger partial charge in [0.1, 0.15) is 0 Å². The first-order valence-corrected chi connectivity index (χ1v) is 3.32. The normalized spacial score (nSPS) is 9.27. The highest BCUT2D eigenvalue weighted by Crippen LogP contribution is 2.13. The minimum atomic E-state index is 0.0514. The Morgan fingerprint density at radius 2 is 2.27 bits per heavy atom. The van der Waals surface area contributed by atoms with Gasteiger partial charge in [-0.2, -0.15) is 0 Å². The van der Waals surface area contributed by atoms with Crippen molar-refractivity contribution in [3.63, 3.8) is 0 Å². The van der Waals surface area contributed by atoms with Gasteiger partial charge in [-0.15, -0.1) is 0 Å². The topological polar surface area (TPSA) is 29.9 Å². The lowest BCUT2D eigenvalue weighted by Gasteiger charge is -2.02. The Hall–Kier alpha value is -1.31. The summed E-state index contributed by atoms with van der Waals surface area (Å²) in [6, 6.07) is 7.08. The van der Waals surface area contributed by atoms with E-state index in [1.54, 1.807) is 24.3 Å². The van der Waals surface area contributed by atoms with Crippen LogP contribution in [0.15, 0.2) is 24.3 Å². The van der Waals surface area contributed by atoms with E-state index >= 15 is 0 Å². The lowest BCUT2D eigenvalue weighted by molar-refractivity contribution is 0.101. The van der Waals surface area contributed by atoms with Crippen molar-refractivity contribution in [3.8, 4) is 5.75 Å². The average Bonchev–Trinajstić information content (AvgIpc) is 2.05. The van der Waals surface area contributed by atoms with Gasteiger partial charge in [-0.05, 0) is 14.0 Å². The number of rotatable bonds is 2. The molecule has 58 valence electrons. The maximum absolute atomic E-state index is 10.9. The molecule has 0 heterocycles. The maximum atomic E-state index is 10.9. The molecular weight excluding hydrogens is 140 g/mol. The highest BCUT2D eigenvalue weighted by molar-refractivity contribution is 5.94. The highest BCUT2D eigenvalue weighted by Gasteiger charge is 2.00. The van der Waals surface area contributed by atoms with Gasteiger partial charge in [-0.3, -0.25) is 4.79 Å². The molecule has 0 fully saturated rings. The minimum absolute atomic E-state index is 0.0514. The van der Waals surface area contributed by atoms with Crippen LogP contribution in [0.5, 0.6) is 5.75 Å². The number of hydrogen-bond donors (Lipinski definition) is 0. The number of Topliss-reactive ketones (excluding diaryl/α,β-unsaturated/α-hetero) is 1. The van der Waals surface area contributed by atoms with E-state index < -0.39 is 0 Å². The third-order valence-corrected chi connectivity index (χ3v) is 1.44. The van der Waals surface area contributed by atoms with Crippen LogP contribution in [0.4, 0.5) is 0 Å². The molecule has 11 heavy (non-hydrogen) atoms. The summed E-state index contributed by atoms with van der Waals surface area (Å²) in [6.45, 7) is 1.53. The second-order valence-electron chi connectivity index (χ2n) is 2.26. The summed E-state index contributed by atoms with van der Waals surface area (Å²) >= 11 is 0. The monoisotopic (exact) mass is 150 g/mol. The molecular formula is C9H10O2. The zero-order valence-corrected chi connectivity index (χ0v) is 6.37. The molecule has 0 saturated carbocycles. The molecule has 0 aliphatic rings. The van der Waals surface area contributed by atoms with Crippen LogP contribution in [-0.4, -0.2) is 10.5 Å². The van der Waals surface area contributed by atoms with E-state index in [1.807, 2.05) is 0 Å². The van der Waals surface area contributed by atoms with Crippen LogP contribution in [-0.2, 0) is 0 Å². The molecule has 0 saturated heterocycles. The molecule has 1 rings (SSSR count). The van der Waals surface area contributed by atoms with Crippen molar-refractivity contribution >= 4 is 5.78 Å². The smallest absolute Gasteiger partial charge is 0.226 e. The van der Waals surface area contributed by atoms with Crippen molar-refractivity contribution in [1.29, 1.82) is 0 Å². The summed E-state index contributed by atoms with van der Waals surface area (Å²) in [4.78, 5) is 10.9. The lowest BCUT2D eigenvalue weighted by Crippen LogP contribution is -1.90. The number of hydrogen-bond acceptors (Lipinski definition) is 1. The van der Waals surface area contributed by atoms with Crippen molar-refractivity contribution in [2.45, 2.75) is 6.92 Å². The van der Waals surface area contributed by atoms with Crippen LogP contribution in [0.3, 0.4) is 0 Å². The average molecular weight is 150 g/mol. The van der Waals surface area contributed by atoms with Gasteiger partial charge in [0.25, 0.3) is 0 Å². The zero-order chi connectivity index (χ0) is 8.27. The molecule has 0 aliphatic heterocycles. The third kappa shape index (κ3) is 1.80. The number of carbonyl (C=O) groups excluding carboxylic acids is 1. The molecule has 0 amide bonds. The summed E-state index contributed by atoms with van der Waals surface area (Å²) in [5.74, 6) is 0.785. The van der Waals surface area contributed by atoms with E-state index in [1.165, 1.54) is 6.92 Å². The Balaban J connectivity index is 3.01. The van der Waals surface area contributed by atoms with Gasteiger partial charge >= 0.3 is 0 Å². The van der Waals surface area contributed by atoms with E-state index in [0.717, 1.165) is 5.75 Å². The number of aromatic hydroxyl groups is 1. The zero-order valence-electron chi connectivity index (χ0n) is 6.37. The molecule has 2 heteroatoms. The Bertz CT molecular complexity index is 266. The van der Waals surface area contributed by atoms with E-state index in [2.05, 4.69) is 11.8 Å². The second-order valence-corrected chi connectivity index (χ2v) is 2.26. The first kappa shape index (κ1) is 7.79. The minimum Gasteiger partial charge on any atom is -0.722 e. The van der Waals surface area contributed by atoms with Crippen molar-refractivity contribution in [2.75, 3.05) is 0 Å². The standard InChI is InChI=1S/C9H10O2/c1-7(10)8-4-3-5-9(6-8)11-2/h3-6,11H,2H2,1H3. The molecule has 1 N–H and O–H groups in total. The van der Waals surface area contributed by atoms with Crippen LogP contribution < -0.4 is 0 Å². The SMILES string of the molecule is [CH2-][OH+]c1cccc(C(C)=O)c1. The molecule has 2 nitrogen and oxygen atoms in total. The molecule has 0 unspecified atom stereocenters. The predicted octanol–water partition coefficient (Wildman–Crippen LogP) is 1.92. The number of aliphatic hydroxyl groups is 1. The summed E-state index contributed by atoms with van der Waals surface area (Å²) < 4.78 is 3.71. The maximum Gasteiger partial charge on any atom is 0.226 e. The molecule has 0 radical (unpaired) electrons. The fraction of sp³-hybridized carbons (Fsp3) is 0.111. The highest BCUT2D eigenvalue weighted by atomic mass is 16.5. The fourth-order valence-corrected chi connectivity index (χ4v) is 0.823. The van der Waals surface area contributed by atoms with Gasteiger partial charge in [0.05, 0.1) is 0 Å². The molecule has 0 aliphatic carbocycles. The van der Waals surface area contributed by atoms with Crippen LogP contribution in [0.1, 0.15) is 17.3 Å². The Kier molecular flexibility index (Phi) is 2.26. The lowest BCUT2D eigenvalue weighted by atomic mass is 10.1. The molecule has 0 spiro atoms. The van der Waals surface area contributed by atoms with Crippen molar-refractivity contribution in [3.05, 3.63) is 36.9 Å². The van der Waals surface area contributed by atoms with E-state index in [4.69, 9.17) is 0 Å². The van der Waals surface area contributed by atoms with Crippen molar-refractivity contribution < 1.29 is 9.53 Å². The van der Waals surface area contributed by atoms with Gasteiger partial charge in [0.2, 0.25) is 5.75 Å². The van der Waals surface area contributed by atoms with Crippen LogP contribution in [0, 0.1) is 7.11 Å². The molecule has 1 aromatic rings. The van der Waals surface area contributed by atoms with Gasteiger partial charge in [-0.1, -0.05) is 12.1 Å². The number of ether oxygens (including phenoxy) is 1. The molecule has 0 atom stereocenters. The molecule has 0 aromatic heterocycles. The number of benzene rings is 1. The quantitative estimate of drug-likeness (QED) is 0.360. The number of carbonyl (C=O) groups is 1. The van der Waals surface area contributed by atoms with Gasteiger partial charge in [-0.25, -0.2) is 0 Å². The third-order valence-electron chi connectivity index (χ3n) is 1.44. The Morgan fingerprint density at radius 1 is 1.55 bits per heavy atom. The van der Waals surface area contributed by atoms with Crippen LogP contribution >= 0.6 is 0 Å². The van der Waals surface area contributed by atoms with Crippen LogP contribution in [0.25, 0.3) is 0 Å². The summed E-state index contributed by atoms with van der Waals surface area (Å²) in [5.41, 5.74) is 0.676. The first-order valence-electron chi connectivity index (χ1n) is 3.32. The predicted molar refractivity (Wildman–Crippen MR) is 43.5 cm³/mol. The molecule has 1 aromatic carbocycles. The summed E-state index contributed by atoms with van der Waals surface area (Å²) in [7, 11) is 3.37.